The second-order valence-electron chi connectivity index (χ2n) is 4.33. The highest BCUT2D eigenvalue weighted by Crippen LogP contribution is 2.26. The molecule has 3 nitrogen and oxygen atoms in total. The SMILES string of the molecule is CC(N)CN(C)Cc1ccccc1OC(F)(F)F.Cl. The van der Waals surface area contributed by atoms with Gasteiger partial charge in [-0.2, -0.15) is 0 Å². The summed E-state index contributed by atoms with van der Waals surface area (Å²) in [6.45, 7) is 2.79. The van der Waals surface area contributed by atoms with Crippen LogP contribution >= 0.6 is 12.4 Å². The number of halogens is 4. The second kappa shape index (κ2) is 7.57. The van der Waals surface area contributed by atoms with Crippen LogP contribution in [-0.4, -0.2) is 30.9 Å². The summed E-state index contributed by atoms with van der Waals surface area (Å²) < 4.78 is 40.6. The fraction of sp³-hybridized carbons (Fsp3) is 0.500. The zero-order valence-corrected chi connectivity index (χ0v) is 11.6. The quantitative estimate of drug-likeness (QED) is 0.908. The van der Waals surface area contributed by atoms with Gasteiger partial charge in [-0.05, 0) is 20.0 Å². The van der Waals surface area contributed by atoms with Crippen LogP contribution < -0.4 is 10.5 Å². The van der Waals surface area contributed by atoms with Crippen molar-refractivity contribution in [2.24, 2.45) is 5.73 Å². The van der Waals surface area contributed by atoms with Crippen molar-refractivity contribution >= 4 is 12.4 Å². The summed E-state index contributed by atoms with van der Waals surface area (Å²) in [6.07, 6.45) is -4.67. The van der Waals surface area contributed by atoms with Gasteiger partial charge in [0.15, 0.2) is 0 Å². The van der Waals surface area contributed by atoms with Crippen LogP contribution in [0.4, 0.5) is 13.2 Å². The summed E-state index contributed by atoms with van der Waals surface area (Å²) in [6, 6.07) is 6.07. The molecule has 1 rings (SSSR count). The molecule has 0 amide bonds. The van der Waals surface area contributed by atoms with Gasteiger partial charge in [-0.25, -0.2) is 0 Å². The molecule has 0 heterocycles. The van der Waals surface area contributed by atoms with Crippen LogP contribution in [0.3, 0.4) is 0 Å². The third-order valence-corrected chi connectivity index (χ3v) is 2.24. The highest BCUT2D eigenvalue weighted by atomic mass is 35.5. The normalized spacial score (nSPS) is 13.0. The topological polar surface area (TPSA) is 38.5 Å². The largest absolute Gasteiger partial charge is 0.573 e. The Kier molecular flexibility index (Phi) is 7.18. The van der Waals surface area contributed by atoms with Crippen LogP contribution in [0.15, 0.2) is 24.3 Å². The number of nitrogens with two attached hydrogens (primary N) is 1. The first-order valence-electron chi connectivity index (χ1n) is 5.55. The van der Waals surface area contributed by atoms with Crippen molar-refractivity contribution in [3.05, 3.63) is 29.8 Å². The van der Waals surface area contributed by atoms with Crippen LogP contribution in [-0.2, 0) is 6.54 Å². The van der Waals surface area contributed by atoms with E-state index in [1.807, 2.05) is 11.8 Å². The van der Waals surface area contributed by atoms with Crippen molar-refractivity contribution in [2.45, 2.75) is 25.9 Å². The maximum atomic E-state index is 12.2. The Bertz CT molecular complexity index is 385. The fourth-order valence-electron chi connectivity index (χ4n) is 1.71. The molecule has 1 aromatic rings. The minimum Gasteiger partial charge on any atom is -0.405 e. The predicted octanol–water partition coefficient (Wildman–Crippen LogP) is 2.79. The van der Waals surface area contributed by atoms with Crippen molar-refractivity contribution in [1.82, 2.24) is 4.90 Å². The first-order valence-corrected chi connectivity index (χ1v) is 5.55. The highest BCUT2D eigenvalue weighted by molar-refractivity contribution is 5.85. The smallest absolute Gasteiger partial charge is 0.405 e. The predicted molar refractivity (Wildman–Crippen MR) is 70.4 cm³/mol. The standard InChI is InChI=1S/C12H17F3N2O.ClH/c1-9(16)7-17(2)8-10-5-3-4-6-11(10)18-12(13,14)15;/h3-6,9H,7-8,16H2,1-2H3;1H. The summed E-state index contributed by atoms with van der Waals surface area (Å²) in [5.41, 5.74) is 6.12. The number of rotatable bonds is 5. The van der Waals surface area contributed by atoms with E-state index in [0.29, 0.717) is 18.7 Å². The van der Waals surface area contributed by atoms with Gasteiger partial charge in [0.2, 0.25) is 0 Å². The molecule has 0 radical (unpaired) electrons. The molecular weight excluding hydrogens is 281 g/mol. The van der Waals surface area contributed by atoms with Gasteiger partial charge >= 0.3 is 6.36 Å². The van der Waals surface area contributed by atoms with Crippen LogP contribution in [0.1, 0.15) is 12.5 Å². The summed E-state index contributed by atoms with van der Waals surface area (Å²) >= 11 is 0. The van der Waals surface area contributed by atoms with Gasteiger partial charge in [0.05, 0.1) is 0 Å². The Morgan fingerprint density at radius 1 is 1.32 bits per heavy atom. The summed E-state index contributed by atoms with van der Waals surface area (Å²) in [7, 11) is 1.80. The Labute approximate surface area is 116 Å². The molecule has 0 saturated heterocycles. The lowest BCUT2D eigenvalue weighted by Gasteiger charge is -2.21. The van der Waals surface area contributed by atoms with E-state index < -0.39 is 6.36 Å². The lowest BCUT2D eigenvalue weighted by molar-refractivity contribution is -0.275. The number of benzene rings is 1. The number of hydrogen-bond donors (Lipinski definition) is 1. The van der Waals surface area contributed by atoms with Gasteiger partial charge in [0.1, 0.15) is 5.75 Å². The molecular formula is C12H18ClF3N2O. The number of hydrogen-bond acceptors (Lipinski definition) is 3. The van der Waals surface area contributed by atoms with E-state index in [4.69, 9.17) is 5.73 Å². The molecule has 0 bridgehead atoms. The molecule has 19 heavy (non-hydrogen) atoms. The number of para-hydroxylation sites is 1. The van der Waals surface area contributed by atoms with E-state index >= 15 is 0 Å². The zero-order valence-electron chi connectivity index (χ0n) is 10.8. The van der Waals surface area contributed by atoms with Crippen LogP contribution in [0, 0.1) is 0 Å². The van der Waals surface area contributed by atoms with E-state index in [2.05, 4.69) is 4.74 Å². The van der Waals surface area contributed by atoms with Gasteiger partial charge in [-0.3, -0.25) is 0 Å². The number of ether oxygens (including phenoxy) is 1. The maximum Gasteiger partial charge on any atom is 0.573 e. The minimum absolute atomic E-state index is 0. The first-order chi connectivity index (χ1) is 8.28. The maximum absolute atomic E-state index is 12.2. The number of likely N-dealkylation sites (N-methyl/N-ethyl adjacent to an activating group) is 1. The number of alkyl halides is 3. The molecule has 2 N–H and O–H groups in total. The summed E-state index contributed by atoms with van der Waals surface area (Å²) in [5.74, 6) is -0.165. The molecule has 110 valence electrons. The minimum atomic E-state index is -4.67. The molecule has 1 atom stereocenters. The lowest BCUT2D eigenvalue weighted by atomic mass is 10.2. The lowest BCUT2D eigenvalue weighted by Crippen LogP contribution is -2.32. The van der Waals surface area contributed by atoms with Crippen molar-refractivity contribution < 1.29 is 17.9 Å². The molecule has 0 aliphatic rings. The van der Waals surface area contributed by atoms with E-state index in [0.717, 1.165) is 0 Å². The molecule has 0 spiro atoms. The molecule has 0 fully saturated rings. The summed E-state index contributed by atoms with van der Waals surface area (Å²) in [4.78, 5) is 1.85. The molecule has 1 unspecified atom stereocenters. The zero-order chi connectivity index (χ0) is 13.8. The average Bonchev–Trinajstić information content (AvgIpc) is 2.17. The first kappa shape index (κ1) is 18.0. The Morgan fingerprint density at radius 2 is 1.89 bits per heavy atom. The molecule has 0 saturated carbocycles. The third-order valence-electron chi connectivity index (χ3n) is 2.24. The van der Waals surface area contributed by atoms with Gasteiger partial charge in [0.25, 0.3) is 0 Å². The van der Waals surface area contributed by atoms with Crippen molar-refractivity contribution in [1.29, 1.82) is 0 Å². The molecule has 0 aliphatic heterocycles. The molecule has 1 aromatic carbocycles. The highest BCUT2D eigenvalue weighted by Gasteiger charge is 2.32. The van der Waals surface area contributed by atoms with E-state index in [9.17, 15) is 13.2 Å². The number of nitrogens with zero attached hydrogens (tertiary/aromatic N) is 1. The van der Waals surface area contributed by atoms with E-state index in [1.165, 1.54) is 12.1 Å². The third kappa shape index (κ3) is 7.25. The van der Waals surface area contributed by atoms with Gasteiger partial charge in [-0.1, -0.05) is 18.2 Å². The van der Waals surface area contributed by atoms with E-state index in [-0.39, 0.29) is 24.2 Å². The monoisotopic (exact) mass is 298 g/mol. The molecule has 0 aliphatic carbocycles. The fourth-order valence-corrected chi connectivity index (χ4v) is 1.71. The Morgan fingerprint density at radius 3 is 2.42 bits per heavy atom. The van der Waals surface area contributed by atoms with Gasteiger partial charge in [-0.15, -0.1) is 25.6 Å². The Hall–Kier alpha value is -0.980. The molecule has 0 aromatic heterocycles. The van der Waals surface area contributed by atoms with Gasteiger partial charge in [0, 0.05) is 24.7 Å². The van der Waals surface area contributed by atoms with Crippen LogP contribution in [0.25, 0.3) is 0 Å². The second-order valence-corrected chi connectivity index (χ2v) is 4.33. The average molecular weight is 299 g/mol. The van der Waals surface area contributed by atoms with Crippen molar-refractivity contribution in [2.75, 3.05) is 13.6 Å². The van der Waals surface area contributed by atoms with Crippen molar-refractivity contribution in [3.63, 3.8) is 0 Å². The van der Waals surface area contributed by atoms with E-state index in [1.54, 1.807) is 19.2 Å². The van der Waals surface area contributed by atoms with Crippen molar-refractivity contribution in [3.8, 4) is 5.75 Å². The van der Waals surface area contributed by atoms with Crippen LogP contribution in [0.2, 0.25) is 0 Å². The van der Waals surface area contributed by atoms with Gasteiger partial charge < -0.3 is 15.4 Å². The molecule has 7 heteroatoms. The Balaban J connectivity index is 0.00000324. The van der Waals surface area contributed by atoms with Crippen LogP contribution in [0.5, 0.6) is 5.75 Å². The summed E-state index contributed by atoms with van der Waals surface area (Å²) in [5, 5.41) is 0.